The summed E-state index contributed by atoms with van der Waals surface area (Å²) < 4.78 is 5.15. The molecule has 0 spiro atoms. The Balaban J connectivity index is 2.69. The maximum absolute atomic E-state index is 11.0. The van der Waals surface area contributed by atoms with E-state index in [0.29, 0.717) is 23.3 Å². The third-order valence-corrected chi connectivity index (χ3v) is 3.01. The Hall–Kier alpha value is -2.13. The molecule has 4 heteroatoms. The Morgan fingerprint density at radius 1 is 1.37 bits per heavy atom. The molecule has 0 radical (unpaired) electrons. The summed E-state index contributed by atoms with van der Waals surface area (Å²) in [6.45, 7) is 3.82. The standard InChI is InChI=1S/C15H12ClNO2/c1-10(19-2)12-8-13(16)14(9-18)17-15(12)11-6-4-3-5-7-11/h3-9H,1H2,2H3. The van der Waals surface area contributed by atoms with Gasteiger partial charge in [-0.1, -0.05) is 48.5 Å². The molecule has 0 saturated heterocycles. The maximum atomic E-state index is 11.0. The van der Waals surface area contributed by atoms with Crippen molar-refractivity contribution in [1.29, 1.82) is 0 Å². The number of rotatable bonds is 4. The van der Waals surface area contributed by atoms with Gasteiger partial charge in [0.2, 0.25) is 0 Å². The van der Waals surface area contributed by atoms with Crippen molar-refractivity contribution in [2.45, 2.75) is 0 Å². The van der Waals surface area contributed by atoms with Gasteiger partial charge in [-0.05, 0) is 6.07 Å². The number of ether oxygens (including phenoxy) is 1. The molecule has 0 N–H and O–H groups in total. The highest BCUT2D eigenvalue weighted by atomic mass is 35.5. The Labute approximate surface area is 116 Å². The number of halogens is 1. The van der Waals surface area contributed by atoms with Crippen molar-refractivity contribution in [3.63, 3.8) is 0 Å². The average molecular weight is 274 g/mol. The highest BCUT2D eigenvalue weighted by Gasteiger charge is 2.14. The minimum Gasteiger partial charge on any atom is -0.497 e. The van der Waals surface area contributed by atoms with E-state index in [1.54, 1.807) is 6.07 Å². The molecule has 1 aromatic heterocycles. The summed E-state index contributed by atoms with van der Waals surface area (Å²) in [5, 5.41) is 0.280. The number of hydrogen-bond acceptors (Lipinski definition) is 3. The van der Waals surface area contributed by atoms with Crippen LogP contribution < -0.4 is 0 Å². The van der Waals surface area contributed by atoms with Crippen LogP contribution in [0.2, 0.25) is 5.02 Å². The number of hydrogen-bond donors (Lipinski definition) is 0. The van der Waals surface area contributed by atoms with E-state index in [0.717, 1.165) is 5.56 Å². The second-order valence-electron chi connectivity index (χ2n) is 3.86. The largest absolute Gasteiger partial charge is 0.497 e. The Morgan fingerprint density at radius 3 is 2.63 bits per heavy atom. The second kappa shape index (κ2) is 5.67. The minimum absolute atomic E-state index is 0.202. The van der Waals surface area contributed by atoms with Crippen molar-refractivity contribution in [2.24, 2.45) is 0 Å². The van der Waals surface area contributed by atoms with Crippen molar-refractivity contribution in [1.82, 2.24) is 4.98 Å². The summed E-state index contributed by atoms with van der Waals surface area (Å²) in [6.07, 6.45) is 0.633. The van der Waals surface area contributed by atoms with E-state index in [4.69, 9.17) is 16.3 Å². The monoisotopic (exact) mass is 273 g/mol. The molecule has 0 saturated carbocycles. The summed E-state index contributed by atoms with van der Waals surface area (Å²) >= 11 is 6.00. The molecular weight excluding hydrogens is 262 g/mol. The number of carbonyl (C=O) groups is 1. The molecule has 1 heterocycles. The molecule has 0 aliphatic carbocycles. The second-order valence-corrected chi connectivity index (χ2v) is 4.27. The Morgan fingerprint density at radius 2 is 2.05 bits per heavy atom. The lowest BCUT2D eigenvalue weighted by molar-refractivity contribution is 0.111. The lowest BCUT2D eigenvalue weighted by Crippen LogP contribution is -1.99. The zero-order valence-corrected chi connectivity index (χ0v) is 11.1. The summed E-state index contributed by atoms with van der Waals surface area (Å²) in [4.78, 5) is 15.3. The van der Waals surface area contributed by atoms with Crippen LogP contribution >= 0.6 is 11.6 Å². The van der Waals surface area contributed by atoms with Crippen LogP contribution in [0.15, 0.2) is 43.0 Å². The quantitative estimate of drug-likeness (QED) is 0.628. The van der Waals surface area contributed by atoms with Crippen LogP contribution in [-0.2, 0) is 4.74 Å². The zero-order chi connectivity index (χ0) is 13.8. The van der Waals surface area contributed by atoms with Gasteiger partial charge in [-0.2, -0.15) is 0 Å². The SMILES string of the molecule is C=C(OC)c1cc(Cl)c(C=O)nc1-c1ccccc1. The summed E-state index contributed by atoms with van der Waals surface area (Å²) in [6, 6.07) is 11.1. The molecular formula is C15H12ClNO2. The summed E-state index contributed by atoms with van der Waals surface area (Å²) in [7, 11) is 1.53. The number of nitrogens with zero attached hydrogens (tertiary/aromatic N) is 1. The van der Waals surface area contributed by atoms with E-state index in [-0.39, 0.29) is 10.7 Å². The maximum Gasteiger partial charge on any atom is 0.169 e. The third kappa shape index (κ3) is 2.66. The van der Waals surface area contributed by atoms with E-state index in [2.05, 4.69) is 11.6 Å². The predicted molar refractivity (Wildman–Crippen MR) is 76.1 cm³/mol. The molecule has 3 nitrogen and oxygen atoms in total. The van der Waals surface area contributed by atoms with Gasteiger partial charge >= 0.3 is 0 Å². The van der Waals surface area contributed by atoms with E-state index in [1.165, 1.54) is 7.11 Å². The fourth-order valence-electron chi connectivity index (χ4n) is 1.72. The fourth-order valence-corrected chi connectivity index (χ4v) is 1.92. The smallest absolute Gasteiger partial charge is 0.169 e. The highest BCUT2D eigenvalue weighted by Crippen LogP contribution is 2.30. The molecule has 0 amide bonds. The summed E-state index contributed by atoms with van der Waals surface area (Å²) in [5.74, 6) is 0.450. The van der Waals surface area contributed by atoms with Crippen LogP contribution in [0.3, 0.4) is 0 Å². The predicted octanol–water partition coefficient (Wildman–Crippen LogP) is 3.83. The van der Waals surface area contributed by atoms with E-state index < -0.39 is 0 Å². The molecule has 96 valence electrons. The summed E-state index contributed by atoms with van der Waals surface area (Å²) in [5.41, 5.74) is 2.37. The van der Waals surface area contributed by atoms with Crippen LogP contribution in [0.5, 0.6) is 0 Å². The lowest BCUT2D eigenvalue weighted by atomic mass is 10.0. The van der Waals surface area contributed by atoms with Gasteiger partial charge in [-0.3, -0.25) is 4.79 Å². The molecule has 0 bridgehead atoms. The number of carbonyl (C=O) groups excluding carboxylic acids is 1. The molecule has 0 atom stereocenters. The number of aromatic nitrogens is 1. The topological polar surface area (TPSA) is 39.2 Å². The first-order valence-electron chi connectivity index (χ1n) is 5.61. The number of aldehydes is 1. The Bertz CT molecular complexity index is 624. The molecule has 0 aliphatic rings. The fraction of sp³-hybridized carbons (Fsp3) is 0.0667. The molecule has 1 aromatic carbocycles. The van der Waals surface area contributed by atoms with Gasteiger partial charge in [0, 0.05) is 11.1 Å². The molecule has 0 aliphatic heterocycles. The van der Waals surface area contributed by atoms with E-state index in [1.807, 2.05) is 30.3 Å². The van der Waals surface area contributed by atoms with Gasteiger partial charge in [0.1, 0.15) is 11.5 Å². The lowest BCUT2D eigenvalue weighted by Gasteiger charge is -2.12. The van der Waals surface area contributed by atoms with Crippen molar-refractivity contribution in [2.75, 3.05) is 7.11 Å². The van der Waals surface area contributed by atoms with Crippen LogP contribution in [0.1, 0.15) is 16.1 Å². The van der Waals surface area contributed by atoms with Gasteiger partial charge in [-0.25, -0.2) is 4.98 Å². The molecule has 0 unspecified atom stereocenters. The Kier molecular flexibility index (Phi) is 3.97. The molecule has 2 aromatic rings. The van der Waals surface area contributed by atoms with Crippen molar-refractivity contribution < 1.29 is 9.53 Å². The van der Waals surface area contributed by atoms with Crippen molar-refractivity contribution in [3.05, 3.63) is 59.3 Å². The van der Waals surface area contributed by atoms with Crippen molar-refractivity contribution >= 4 is 23.6 Å². The van der Waals surface area contributed by atoms with Crippen LogP contribution in [0.25, 0.3) is 17.0 Å². The first kappa shape index (κ1) is 13.3. The van der Waals surface area contributed by atoms with Crippen LogP contribution in [-0.4, -0.2) is 18.4 Å². The average Bonchev–Trinajstić information content (AvgIpc) is 2.47. The van der Waals surface area contributed by atoms with Gasteiger partial charge in [-0.15, -0.1) is 0 Å². The van der Waals surface area contributed by atoms with Gasteiger partial charge in [0.15, 0.2) is 6.29 Å². The van der Waals surface area contributed by atoms with Gasteiger partial charge < -0.3 is 4.74 Å². The van der Waals surface area contributed by atoms with Crippen LogP contribution in [0.4, 0.5) is 0 Å². The number of benzene rings is 1. The highest BCUT2D eigenvalue weighted by molar-refractivity contribution is 6.33. The first-order valence-corrected chi connectivity index (χ1v) is 5.99. The molecule has 2 rings (SSSR count). The number of pyridine rings is 1. The van der Waals surface area contributed by atoms with Gasteiger partial charge in [0.05, 0.1) is 17.8 Å². The first-order chi connectivity index (χ1) is 9.17. The van der Waals surface area contributed by atoms with E-state index in [9.17, 15) is 4.79 Å². The van der Waals surface area contributed by atoms with Crippen molar-refractivity contribution in [3.8, 4) is 11.3 Å². The van der Waals surface area contributed by atoms with Gasteiger partial charge in [0.25, 0.3) is 0 Å². The molecule has 0 fully saturated rings. The third-order valence-electron chi connectivity index (χ3n) is 2.71. The van der Waals surface area contributed by atoms with Crippen LogP contribution in [0, 0.1) is 0 Å². The normalized spacial score (nSPS) is 10.0. The number of methoxy groups -OCH3 is 1. The molecule has 19 heavy (non-hydrogen) atoms. The minimum atomic E-state index is 0.202. The zero-order valence-electron chi connectivity index (χ0n) is 10.4. The van der Waals surface area contributed by atoms with E-state index >= 15 is 0 Å².